The molecule has 8 heteroatoms. The number of thiophene rings is 1. The molecule has 2 rings (SSSR count). The summed E-state index contributed by atoms with van der Waals surface area (Å²) in [6.45, 7) is 0. The molecule has 22 heavy (non-hydrogen) atoms. The summed E-state index contributed by atoms with van der Waals surface area (Å²) in [5, 5.41) is 24.2. The van der Waals surface area contributed by atoms with Gasteiger partial charge in [0.25, 0.3) is 5.91 Å². The highest BCUT2D eigenvalue weighted by Gasteiger charge is 2.07. The Morgan fingerprint density at radius 2 is 2.09 bits per heavy atom. The van der Waals surface area contributed by atoms with E-state index in [4.69, 9.17) is 16.4 Å². The van der Waals surface area contributed by atoms with Gasteiger partial charge in [-0.2, -0.15) is 10.4 Å². The minimum absolute atomic E-state index is 0.197. The van der Waals surface area contributed by atoms with E-state index in [0.717, 1.165) is 0 Å². The van der Waals surface area contributed by atoms with Crippen LogP contribution >= 0.6 is 11.3 Å². The SMILES string of the molecule is N#C/C(=N\Nc1cccc(NC(=O)c2cccs2)c1)C(=N)N. The van der Waals surface area contributed by atoms with Gasteiger partial charge in [-0.05, 0) is 29.6 Å². The fraction of sp³-hybridized carbons (Fsp3) is 0. The lowest BCUT2D eigenvalue weighted by Crippen LogP contribution is -2.21. The van der Waals surface area contributed by atoms with Crippen molar-refractivity contribution in [1.82, 2.24) is 0 Å². The molecule has 0 fully saturated rings. The van der Waals surface area contributed by atoms with Crippen molar-refractivity contribution in [2.45, 2.75) is 0 Å². The summed E-state index contributed by atoms with van der Waals surface area (Å²) in [4.78, 5) is 12.6. The van der Waals surface area contributed by atoms with Crippen LogP contribution in [0.25, 0.3) is 0 Å². The first-order valence-electron chi connectivity index (χ1n) is 6.13. The average molecular weight is 312 g/mol. The van der Waals surface area contributed by atoms with Crippen LogP contribution in [0.3, 0.4) is 0 Å². The molecule has 5 N–H and O–H groups in total. The first-order chi connectivity index (χ1) is 10.6. The number of nitrogens with two attached hydrogens (primary N) is 1. The molecule has 1 aromatic carbocycles. The molecule has 0 bridgehead atoms. The van der Waals surface area contributed by atoms with Crippen LogP contribution in [0.5, 0.6) is 0 Å². The third-order valence-electron chi connectivity index (χ3n) is 2.52. The zero-order valence-corrected chi connectivity index (χ0v) is 12.1. The van der Waals surface area contributed by atoms with Gasteiger partial charge in [-0.1, -0.05) is 12.1 Å². The molecule has 7 nitrogen and oxygen atoms in total. The van der Waals surface area contributed by atoms with E-state index in [0.29, 0.717) is 16.3 Å². The van der Waals surface area contributed by atoms with Gasteiger partial charge in [-0.3, -0.25) is 15.6 Å². The third-order valence-corrected chi connectivity index (χ3v) is 3.39. The van der Waals surface area contributed by atoms with Gasteiger partial charge in [0.2, 0.25) is 5.71 Å². The Bertz CT molecular complexity index is 760. The first kappa shape index (κ1) is 15.2. The largest absolute Gasteiger partial charge is 0.382 e. The highest BCUT2D eigenvalue weighted by Crippen LogP contribution is 2.17. The maximum Gasteiger partial charge on any atom is 0.265 e. The molecule has 0 aliphatic carbocycles. The summed E-state index contributed by atoms with van der Waals surface area (Å²) in [6.07, 6.45) is 0. The van der Waals surface area contributed by atoms with E-state index in [2.05, 4.69) is 15.8 Å². The molecule has 110 valence electrons. The van der Waals surface area contributed by atoms with Crippen molar-refractivity contribution in [3.8, 4) is 6.07 Å². The fourth-order valence-electron chi connectivity index (χ4n) is 1.53. The lowest BCUT2D eigenvalue weighted by atomic mass is 10.2. The molecular weight excluding hydrogens is 300 g/mol. The van der Waals surface area contributed by atoms with Gasteiger partial charge in [0.15, 0.2) is 5.84 Å². The summed E-state index contributed by atoms with van der Waals surface area (Å²) in [6, 6.07) is 12.1. The number of nitriles is 1. The minimum Gasteiger partial charge on any atom is -0.382 e. The van der Waals surface area contributed by atoms with E-state index in [9.17, 15) is 4.79 Å². The number of benzene rings is 1. The number of nitrogens with zero attached hydrogens (tertiary/aromatic N) is 2. The lowest BCUT2D eigenvalue weighted by Gasteiger charge is -2.06. The second-order valence-electron chi connectivity index (χ2n) is 4.11. The third kappa shape index (κ3) is 3.91. The number of nitrogens with one attached hydrogen (secondary N) is 3. The van der Waals surface area contributed by atoms with Crippen LogP contribution in [0, 0.1) is 16.7 Å². The molecule has 0 radical (unpaired) electrons. The summed E-state index contributed by atoms with van der Waals surface area (Å²) >= 11 is 1.35. The van der Waals surface area contributed by atoms with Crippen LogP contribution in [-0.2, 0) is 0 Å². The van der Waals surface area contributed by atoms with Crippen LogP contribution in [-0.4, -0.2) is 17.5 Å². The van der Waals surface area contributed by atoms with Crippen LogP contribution in [0.2, 0.25) is 0 Å². The van der Waals surface area contributed by atoms with Crippen molar-refractivity contribution in [2.75, 3.05) is 10.7 Å². The van der Waals surface area contributed by atoms with Crippen molar-refractivity contribution in [3.63, 3.8) is 0 Å². The standard InChI is InChI=1S/C14H12N6OS/c15-8-11(13(16)17)20-19-10-4-1-3-9(7-10)18-14(21)12-5-2-6-22-12/h1-7,19H,(H3,16,17)(H,18,21)/b20-11+. The smallest absolute Gasteiger partial charge is 0.265 e. The van der Waals surface area contributed by atoms with Crippen molar-refractivity contribution in [1.29, 1.82) is 10.7 Å². The van der Waals surface area contributed by atoms with Gasteiger partial charge in [0, 0.05) is 5.69 Å². The van der Waals surface area contributed by atoms with Gasteiger partial charge < -0.3 is 11.1 Å². The zero-order valence-electron chi connectivity index (χ0n) is 11.3. The number of amides is 1. The predicted molar refractivity (Wildman–Crippen MR) is 87.3 cm³/mol. The van der Waals surface area contributed by atoms with E-state index in [1.807, 2.05) is 5.38 Å². The van der Waals surface area contributed by atoms with E-state index in [-0.39, 0.29) is 11.6 Å². The predicted octanol–water partition coefficient (Wildman–Crippen LogP) is 2.23. The summed E-state index contributed by atoms with van der Waals surface area (Å²) in [7, 11) is 0. The second-order valence-corrected chi connectivity index (χ2v) is 5.06. The number of anilines is 2. The molecule has 0 spiro atoms. The minimum atomic E-state index is -0.419. The van der Waals surface area contributed by atoms with E-state index in [1.165, 1.54) is 11.3 Å². The molecule has 0 saturated carbocycles. The molecule has 1 amide bonds. The maximum atomic E-state index is 12.0. The van der Waals surface area contributed by atoms with Gasteiger partial charge >= 0.3 is 0 Å². The van der Waals surface area contributed by atoms with Gasteiger partial charge in [-0.15, -0.1) is 11.3 Å². The molecule has 1 aromatic heterocycles. The van der Waals surface area contributed by atoms with Crippen molar-refractivity contribution in [2.24, 2.45) is 10.8 Å². The number of carbonyl (C=O) groups is 1. The Morgan fingerprint density at radius 3 is 2.73 bits per heavy atom. The molecule has 0 aliphatic rings. The molecule has 0 aliphatic heterocycles. The monoisotopic (exact) mass is 312 g/mol. The van der Waals surface area contributed by atoms with Crippen LogP contribution in [0.15, 0.2) is 46.9 Å². The zero-order chi connectivity index (χ0) is 15.9. The Labute approximate surface area is 130 Å². The fourth-order valence-corrected chi connectivity index (χ4v) is 2.15. The van der Waals surface area contributed by atoms with Gasteiger partial charge in [-0.25, -0.2) is 0 Å². The van der Waals surface area contributed by atoms with E-state index < -0.39 is 5.84 Å². The number of amidine groups is 1. The van der Waals surface area contributed by atoms with E-state index in [1.54, 1.807) is 42.5 Å². The Kier molecular flexibility index (Phi) is 4.85. The van der Waals surface area contributed by atoms with E-state index >= 15 is 0 Å². The second kappa shape index (κ2) is 7.01. The normalized spacial score (nSPS) is 10.6. The molecule has 0 unspecified atom stereocenters. The average Bonchev–Trinajstić information content (AvgIpc) is 3.02. The summed E-state index contributed by atoms with van der Waals surface area (Å²) in [5.41, 5.74) is 8.74. The van der Waals surface area contributed by atoms with Crippen molar-refractivity contribution >= 4 is 40.2 Å². The molecule has 0 atom stereocenters. The number of carbonyl (C=O) groups excluding carboxylic acids is 1. The van der Waals surface area contributed by atoms with Crippen LogP contribution in [0.1, 0.15) is 9.67 Å². The Hall–Kier alpha value is -3.18. The van der Waals surface area contributed by atoms with Crippen LogP contribution < -0.4 is 16.5 Å². The highest BCUT2D eigenvalue weighted by atomic mass is 32.1. The molecule has 2 aromatic rings. The molecule has 1 heterocycles. The quantitative estimate of drug-likeness (QED) is 0.383. The van der Waals surface area contributed by atoms with Crippen molar-refractivity contribution < 1.29 is 4.79 Å². The van der Waals surface area contributed by atoms with Gasteiger partial charge in [0.05, 0.1) is 10.6 Å². The lowest BCUT2D eigenvalue weighted by molar-refractivity contribution is 0.103. The van der Waals surface area contributed by atoms with Crippen LogP contribution in [0.4, 0.5) is 11.4 Å². The number of rotatable bonds is 5. The number of hydrogen-bond donors (Lipinski definition) is 4. The molecular formula is C14H12N6OS. The van der Waals surface area contributed by atoms with Gasteiger partial charge in [0.1, 0.15) is 6.07 Å². The number of hydrogen-bond acceptors (Lipinski definition) is 6. The Morgan fingerprint density at radius 1 is 1.32 bits per heavy atom. The maximum absolute atomic E-state index is 12.0. The Balaban J connectivity index is 2.09. The van der Waals surface area contributed by atoms with Crippen molar-refractivity contribution in [3.05, 3.63) is 46.7 Å². The topological polar surface area (TPSA) is 127 Å². The first-order valence-corrected chi connectivity index (χ1v) is 7.01. The molecule has 0 saturated heterocycles. The summed E-state index contributed by atoms with van der Waals surface area (Å²) < 4.78 is 0. The number of hydrazone groups is 1. The highest BCUT2D eigenvalue weighted by molar-refractivity contribution is 7.12. The summed E-state index contributed by atoms with van der Waals surface area (Å²) in [5.74, 6) is -0.616.